The number of benzene rings is 1. The van der Waals surface area contributed by atoms with Crippen LogP contribution < -0.4 is 5.32 Å². The van der Waals surface area contributed by atoms with Crippen LogP contribution >= 0.6 is 11.3 Å². The number of hydrogen-bond donors (Lipinski definition) is 2. The fraction of sp³-hybridized carbons (Fsp3) is 0.267. The van der Waals surface area contributed by atoms with Gasteiger partial charge in [0.25, 0.3) is 5.91 Å². The highest BCUT2D eigenvalue weighted by Crippen LogP contribution is 2.24. The van der Waals surface area contributed by atoms with E-state index in [1.54, 1.807) is 26.0 Å². The molecule has 23 heavy (non-hydrogen) atoms. The zero-order valence-corrected chi connectivity index (χ0v) is 14.4. The van der Waals surface area contributed by atoms with Crippen LogP contribution in [0.4, 0.5) is 5.69 Å². The predicted molar refractivity (Wildman–Crippen MR) is 90.5 cm³/mol. The Hall–Kier alpha value is -1.90. The maximum absolute atomic E-state index is 12.4. The molecule has 6 nitrogen and oxygen atoms in total. The minimum absolute atomic E-state index is 0.103. The van der Waals surface area contributed by atoms with E-state index in [0.717, 1.165) is 11.3 Å². The van der Waals surface area contributed by atoms with Crippen LogP contribution in [0.25, 0.3) is 0 Å². The van der Waals surface area contributed by atoms with Crippen molar-refractivity contribution in [1.29, 1.82) is 0 Å². The van der Waals surface area contributed by atoms with Crippen LogP contribution in [0.5, 0.6) is 5.75 Å². The van der Waals surface area contributed by atoms with Gasteiger partial charge < -0.3 is 10.4 Å². The number of amides is 1. The second-order valence-electron chi connectivity index (χ2n) is 4.74. The summed E-state index contributed by atoms with van der Waals surface area (Å²) in [5.41, 5.74) is 0.523. The Morgan fingerprint density at radius 2 is 1.83 bits per heavy atom. The highest BCUT2D eigenvalue weighted by atomic mass is 32.2. The smallest absolute Gasteiger partial charge is 0.265 e. The van der Waals surface area contributed by atoms with Gasteiger partial charge in [0.15, 0.2) is 0 Å². The largest absolute Gasteiger partial charge is 0.508 e. The molecule has 0 unspecified atom stereocenters. The van der Waals surface area contributed by atoms with Gasteiger partial charge in [-0.1, -0.05) is 13.8 Å². The number of thiophene rings is 1. The average Bonchev–Trinajstić information content (AvgIpc) is 3.01. The van der Waals surface area contributed by atoms with Crippen molar-refractivity contribution < 1.29 is 18.3 Å². The summed E-state index contributed by atoms with van der Waals surface area (Å²) in [6.07, 6.45) is 0. The SMILES string of the molecule is CCN(CC)S(=O)(=O)c1csc(C(=O)Nc2ccc(O)cc2)c1. The number of hydrogen-bond acceptors (Lipinski definition) is 5. The van der Waals surface area contributed by atoms with E-state index in [2.05, 4.69) is 5.32 Å². The van der Waals surface area contributed by atoms with E-state index in [1.165, 1.54) is 27.9 Å². The molecule has 2 N–H and O–H groups in total. The summed E-state index contributed by atoms with van der Waals surface area (Å²) in [7, 11) is -3.56. The molecule has 2 aromatic rings. The molecule has 1 heterocycles. The second kappa shape index (κ2) is 7.12. The number of aromatic hydroxyl groups is 1. The number of rotatable bonds is 6. The fourth-order valence-corrected chi connectivity index (χ4v) is 4.64. The number of carbonyl (C=O) groups is 1. The van der Waals surface area contributed by atoms with Gasteiger partial charge in [0, 0.05) is 24.2 Å². The standard InChI is InChI=1S/C15H18N2O4S2/c1-3-17(4-2)23(20,21)13-9-14(22-10-13)15(19)16-11-5-7-12(18)8-6-11/h5-10,18H,3-4H2,1-2H3,(H,16,19). The Labute approximate surface area is 139 Å². The molecule has 1 aromatic carbocycles. The van der Waals surface area contributed by atoms with E-state index in [1.807, 2.05) is 0 Å². The van der Waals surface area contributed by atoms with E-state index in [9.17, 15) is 18.3 Å². The van der Waals surface area contributed by atoms with Gasteiger partial charge in [-0.15, -0.1) is 11.3 Å². The summed E-state index contributed by atoms with van der Waals surface area (Å²) >= 11 is 1.08. The van der Waals surface area contributed by atoms with Crippen LogP contribution in [0.3, 0.4) is 0 Å². The summed E-state index contributed by atoms with van der Waals surface area (Å²) in [4.78, 5) is 12.6. The number of nitrogens with one attached hydrogen (secondary N) is 1. The van der Waals surface area contributed by atoms with Crippen molar-refractivity contribution in [3.05, 3.63) is 40.6 Å². The summed E-state index contributed by atoms with van der Waals surface area (Å²) in [5.74, 6) is -0.284. The maximum atomic E-state index is 12.4. The van der Waals surface area contributed by atoms with Crippen molar-refractivity contribution in [2.45, 2.75) is 18.7 Å². The highest BCUT2D eigenvalue weighted by molar-refractivity contribution is 7.89. The molecule has 0 saturated carbocycles. The zero-order chi connectivity index (χ0) is 17.0. The zero-order valence-electron chi connectivity index (χ0n) is 12.8. The van der Waals surface area contributed by atoms with Crippen molar-refractivity contribution in [2.75, 3.05) is 18.4 Å². The lowest BCUT2D eigenvalue weighted by Crippen LogP contribution is -2.30. The summed E-state index contributed by atoms with van der Waals surface area (Å²) in [6.45, 7) is 4.30. The molecule has 0 saturated heterocycles. The van der Waals surface area contributed by atoms with Gasteiger partial charge in [-0.2, -0.15) is 4.31 Å². The first-order valence-corrected chi connectivity index (χ1v) is 9.39. The number of carbonyl (C=O) groups excluding carboxylic acids is 1. The van der Waals surface area contributed by atoms with Gasteiger partial charge in [0.2, 0.25) is 10.0 Å². The van der Waals surface area contributed by atoms with Gasteiger partial charge in [0.05, 0.1) is 9.77 Å². The second-order valence-corrected chi connectivity index (χ2v) is 7.59. The van der Waals surface area contributed by atoms with E-state index >= 15 is 0 Å². The first kappa shape index (κ1) is 17.5. The highest BCUT2D eigenvalue weighted by Gasteiger charge is 2.24. The van der Waals surface area contributed by atoms with Crippen LogP contribution in [0.2, 0.25) is 0 Å². The van der Waals surface area contributed by atoms with Crippen molar-refractivity contribution in [3.8, 4) is 5.75 Å². The van der Waals surface area contributed by atoms with Gasteiger partial charge in [0.1, 0.15) is 5.75 Å². The monoisotopic (exact) mass is 354 g/mol. The van der Waals surface area contributed by atoms with Gasteiger partial charge in [-0.05, 0) is 30.3 Å². The average molecular weight is 354 g/mol. The molecule has 8 heteroatoms. The molecule has 0 spiro atoms. The van der Waals surface area contributed by atoms with Crippen LogP contribution in [-0.4, -0.2) is 36.8 Å². The molecule has 0 aliphatic heterocycles. The molecule has 0 aliphatic rings. The minimum Gasteiger partial charge on any atom is -0.508 e. The first-order chi connectivity index (χ1) is 10.9. The molecule has 0 fully saturated rings. The lowest BCUT2D eigenvalue weighted by atomic mass is 10.3. The third-order valence-corrected chi connectivity index (χ3v) is 6.37. The molecular formula is C15H18N2O4S2. The number of nitrogens with zero attached hydrogens (tertiary/aromatic N) is 1. The molecule has 0 atom stereocenters. The van der Waals surface area contributed by atoms with Crippen LogP contribution in [0, 0.1) is 0 Å². The van der Waals surface area contributed by atoms with Gasteiger partial charge in [-0.25, -0.2) is 8.42 Å². The molecule has 1 aromatic heterocycles. The fourth-order valence-electron chi connectivity index (χ4n) is 2.02. The summed E-state index contributed by atoms with van der Waals surface area (Å²) < 4.78 is 26.1. The van der Waals surface area contributed by atoms with E-state index in [-0.39, 0.29) is 16.6 Å². The summed E-state index contributed by atoms with van der Waals surface area (Å²) in [6, 6.07) is 7.43. The van der Waals surface area contributed by atoms with Crippen molar-refractivity contribution in [2.24, 2.45) is 0 Å². The molecule has 124 valence electrons. The molecule has 1 amide bonds. The summed E-state index contributed by atoms with van der Waals surface area (Å²) in [5, 5.41) is 13.3. The minimum atomic E-state index is -3.56. The lowest BCUT2D eigenvalue weighted by molar-refractivity contribution is 0.103. The van der Waals surface area contributed by atoms with Crippen molar-refractivity contribution in [1.82, 2.24) is 4.31 Å². The molecule has 2 rings (SSSR count). The van der Waals surface area contributed by atoms with Gasteiger partial charge >= 0.3 is 0 Å². The Balaban J connectivity index is 2.18. The quantitative estimate of drug-likeness (QED) is 0.781. The third kappa shape index (κ3) is 3.90. The van der Waals surface area contributed by atoms with Crippen LogP contribution in [0.15, 0.2) is 40.6 Å². The number of sulfonamides is 1. The predicted octanol–water partition coefficient (Wildman–Crippen LogP) is 2.74. The van der Waals surface area contributed by atoms with E-state index in [4.69, 9.17) is 0 Å². The first-order valence-electron chi connectivity index (χ1n) is 7.07. The maximum Gasteiger partial charge on any atom is 0.265 e. The molecule has 0 aliphatic carbocycles. The van der Waals surface area contributed by atoms with Crippen LogP contribution in [-0.2, 0) is 10.0 Å². The van der Waals surface area contributed by atoms with E-state index < -0.39 is 10.0 Å². The number of phenolic OH excluding ortho intramolecular Hbond substituents is 1. The lowest BCUT2D eigenvalue weighted by Gasteiger charge is -2.17. The molecule has 0 bridgehead atoms. The Morgan fingerprint density at radius 1 is 1.22 bits per heavy atom. The Morgan fingerprint density at radius 3 is 2.39 bits per heavy atom. The Bertz CT molecular complexity index is 778. The number of anilines is 1. The van der Waals surface area contributed by atoms with E-state index in [0.29, 0.717) is 23.7 Å². The topological polar surface area (TPSA) is 86.7 Å². The number of phenols is 1. The Kier molecular flexibility index (Phi) is 5.40. The van der Waals surface area contributed by atoms with Crippen LogP contribution in [0.1, 0.15) is 23.5 Å². The van der Waals surface area contributed by atoms with Gasteiger partial charge in [-0.3, -0.25) is 4.79 Å². The normalized spacial score (nSPS) is 11.6. The van der Waals surface area contributed by atoms with Crippen molar-refractivity contribution >= 4 is 33.0 Å². The third-order valence-electron chi connectivity index (χ3n) is 3.27. The van der Waals surface area contributed by atoms with Crippen molar-refractivity contribution in [3.63, 3.8) is 0 Å². The molecule has 0 radical (unpaired) electrons. The molecular weight excluding hydrogens is 336 g/mol.